The Morgan fingerprint density at radius 3 is 2.19 bits per heavy atom. The van der Waals surface area contributed by atoms with Gasteiger partial charge in [-0.1, -0.05) is 30.0 Å². The number of carboxylic acid groups (broad SMARTS) is 1. The summed E-state index contributed by atoms with van der Waals surface area (Å²) in [4.78, 5) is 24.5. The van der Waals surface area contributed by atoms with Crippen LogP contribution in [0.5, 0.6) is 5.75 Å². The van der Waals surface area contributed by atoms with E-state index in [-0.39, 0.29) is 49.5 Å². The molecule has 1 N–H and O–H groups in total. The van der Waals surface area contributed by atoms with Gasteiger partial charge in [0.15, 0.2) is 0 Å². The molecule has 2 aromatic rings. The van der Waals surface area contributed by atoms with Gasteiger partial charge < -0.3 is 19.5 Å². The first-order chi connectivity index (χ1) is 19.8. The van der Waals surface area contributed by atoms with Gasteiger partial charge in [0.2, 0.25) is 5.91 Å². The lowest BCUT2D eigenvalue weighted by atomic mass is 9.82. The second-order valence-electron chi connectivity index (χ2n) is 10.1. The highest BCUT2D eigenvalue weighted by Crippen LogP contribution is 2.49. The third-order valence-corrected chi connectivity index (χ3v) is 8.35. The van der Waals surface area contributed by atoms with E-state index in [1.165, 1.54) is 17.0 Å². The quantitative estimate of drug-likeness (QED) is 0.254. The Labute approximate surface area is 242 Å². The molecule has 6 nitrogen and oxygen atoms in total. The van der Waals surface area contributed by atoms with Crippen LogP contribution < -0.4 is 4.74 Å². The van der Waals surface area contributed by atoms with Gasteiger partial charge in [-0.25, -0.2) is 0 Å². The van der Waals surface area contributed by atoms with E-state index in [4.69, 9.17) is 9.47 Å². The molecule has 2 fully saturated rings. The molecule has 0 unspecified atom stereocenters. The topological polar surface area (TPSA) is 76.1 Å². The minimum absolute atomic E-state index is 0.0486. The number of carbonyl (C=O) groups is 2. The molecule has 1 aliphatic heterocycles. The first-order valence-corrected chi connectivity index (χ1v) is 14.1. The lowest BCUT2D eigenvalue weighted by Crippen LogP contribution is -2.39. The molecule has 4 rings (SSSR count). The monoisotopic (exact) mass is 617 g/mol. The molecule has 13 heteroatoms. The van der Waals surface area contributed by atoms with Crippen molar-refractivity contribution in [3.63, 3.8) is 0 Å². The van der Waals surface area contributed by atoms with Crippen LogP contribution in [0.15, 0.2) is 52.3 Å². The minimum Gasteiger partial charge on any atom is -0.492 e. The van der Waals surface area contributed by atoms with Gasteiger partial charge >= 0.3 is 18.3 Å². The molecule has 1 heterocycles. The Morgan fingerprint density at radius 2 is 1.57 bits per heavy atom. The zero-order chi connectivity index (χ0) is 30.5. The Balaban J connectivity index is 1.61. The normalized spacial score (nSPS) is 20.1. The van der Waals surface area contributed by atoms with Crippen LogP contribution in [-0.2, 0) is 26.7 Å². The van der Waals surface area contributed by atoms with Gasteiger partial charge in [-0.3, -0.25) is 9.59 Å². The molecule has 0 atom stereocenters. The Bertz CT molecular complexity index is 1300. The summed E-state index contributed by atoms with van der Waals surface area (Å²) in [6.45, 7) is 1.17. The molecule has 2 aromatic carbocycles. The molecule has 0 bridgehead atoms. The number of aliphatic carboxylic acids is 1. The van der Waals surface area contributed by atoms with Gasteiger partial charge in [0.25, 0.3) is 0 Å². The van der Waals surface area contributed by atoms with Crippen LogP contribution in [0.1, 0.15) is 42.4 Å². The van der Waals surface area contributed by atoms with Gasteiger partial charge in [-0.15, -0.1) is 0 Å². The summed E-state index contributed by atoms with van der Waals surface area (Å²) in [7, 11) is 0. The summed E-state index contributed by atoms with van der Waals surface area (Å²) in [6.07, 6.45) is -6.90. The highest BCUT2D eigenvalue weighted by Gasteiger charge is 2.46. The van der Waals surface area contributed by atoms with Gasteiger partial charge in [0, 0.05) is 24.1 Å². The van der Waals surface area contributed by atoms with Crippen molar-refractivity contribution in [3.8, 4) is 5.75 Å². The van der Waals surface area contributed by atoms with Crippen LogP contribution in [-0.4, -0.2) is 54.8 Å². The summed E-state index contributed by atoms with van der Waals surface area (Å²) in [6, 6.07) is 8.02. The predicted octanol–water partition coefficient (Wildman–Crippen LogP) is 7.02. The molecule has 0 radical (unpaired) electrons. The van der Waals surface area contributed by atoms with E-state index in [2.05, 4.69) is 0 Å². The van der Waals surface area contributed by atoms with E-state index in [1.807, 2.05) is 0 Å². The van der Waals surface area contributed by atoms with Crippen molar-refractivity contribution in [2.24, 2.45) is 11.8 Å². The van der Waals surface area contributed by atoms with Crippen LogP contribution in [0, 0.1) is 11.8 Å². The van der Waals surface area contributed by atoms with E-state index in [0.29, 0.717) is 37.4 Å². The smallest absolute Gasteiger partial charge is 0.418 e. The molecule has 0 spiro atoms. The zero-order valence-corrected chi connectivity index (χ0v) is 23.2. The third kappa shape index (κ3) is 8.00. The fourth-order valence-electron chi connectivity index (χ4n) is 5.02. The average Bonchev–Trinajstić information content (AvgIpc) is 2.95. The molecular formula is C29H29F6NO5S. The van der Waals surface area contributed by atoms with Crippen LogP contribution >= 0.6 is 11.8 Å². The van der Waals surface area contributed by atoms with E-state index in [0.717, 1.165) is 24.3 Å². The first kappa shape index (κ1) is 31.7. The van der Waals surface area contributed by atoms with E-state index in [1.54, 1.807) is 12.1 Å². The highest BCUT2D eigenvalue weighted by molar-refractivity contribution is 7.99. The van der Waals surface area contributed by atoms with Gasteiger partial charge in [-0.05, 0) is 61.4 Å². The van der Waals surface area contributed by atoms with Gasteiger partial charge in [0.05, 0.1) is 41.8 Å². The summed E-state index contributed by atoms with van der Waals surface area (Å²) in [5.74, 6) is -1.62. The minimum atomic E-state index is -5.37. The molecule has 42 heavy (non-hydrogen) atoms. The Morgan fingerprint density at radius 1 is 0.929 bits per heavy atom. The zero-order valence-electron chi connectivity index (χ0n) is 22.3. The number of para-hydroxylation sites is 1. The van der Waals surface area contributed by atoms with E-state index in [9.17, 15) is 41.0 Å². The lowest BCUT2D eigenvalue weighted by molar-refractivity contribution is -0.163. The van der Waals surface area contributed by atoms with Crippen molar-refractivity contribution in [2.75, 3.05) is 32.9 Å². The van der Waals surface area contributed by atoms with Crippen molar-refractivity contribution < 1.29 is 50.5 Å². The van der Waals surface area contributed by atoms with Crippen LogP contribution in [0.4, 0.5) is 26.3 Å². The van der Waals surface area contributed by atoms with E-state index >= 15 is 0 Å². The number of halogens is 6. The number of nitrogens with zero attached hydrogens (tertiary/aromatic N) is 1. The van der Waals surface area contributed by atoms with Crippen molar-refractivity contribution in [1.29, 1.82) is 0 Å². The largest absolute Gasteiger partial charge is 0.492 e. The van der Waals surface area contributed by atoms with Crippen molar-refractivity contribution >= 4 is 29.7 Å². The van der Waals surface area contributed by atoms with Crippen LogP contribution in [0.25, 0.3) is 6.08 Å². The van der Waals surface area contributed by atoms with Crippen LogP contribution in [0.3, 0.4) is 0 Å². The molecule has 1 saturated carbocycles. The van der Waals surface area contributed by atoms with Crippen molar-refractivity contribution in [2.45, 2.75) is 47.8 Å². The molecule has 228 valence electrons. The fraction of sp³-hybridized carbons (Fsp3) is 0.448. The fourth-order valence-corrected chi connectivity index (χ4v) is 6.08. The standard InChI is InChI=1S/C29H29F6NO5S/c30-28(31,32)25-19(10-12-24(37)36-13-15-40-16-14-36)9-11-23(26(25)29(33,34)35)42-22-4-2-1-3-21(22)41-17-18-5-7-20(8-6-18)27(38)39/h1-4,9-12,18,20H,5-8,13-17H2,(H,38,39)/b12-10+/t18-,20+. The average molecular weight is 618 g/mol. The van der Waals surface area contributed by atoms with E-state index < -0.39 is 51.7 Å². The second-order valence-corrected chi connectivity index (χ2v) is 11.2. The summed E-state index contributed by atoms with van der Waals surface area (Å²) < 4.78 is 96.5. The van der Waals surface area contributed by atoms with Crippen molar-refractivity contribution in [3.05, 3.63) is 59.2 Å². The number of ether oxygens (including phenoxy) is 2. The Kier molecular flexibility index (Phi) is 10.1. The van der Waals surface area contributed by atoms with Gasteiger partial charge in [0.1, 0.15) is 5.75 Å². The number of hydrogen-bond donors (Lipinski definition) is 1. The molecule has 0 aromatic heterocycles. The second kappa shape index (κ2) is 13.4. The maximum atomic E-state index is 14.3. The number of rotatable bonds is 8. The number of amides is 1. The lowest BCUT2D eigenvalue weighted by Gasteiger charge is -2.26. The summed E-state index contributed by atoms with van der Waals surface area (Å²) in [5, 5.41) is 9.17. The van der Waals surface area contributed by atoms with Gasteiger partial charge in [-0.2, -0.15) is 26.3 Å². The van der Waals surface area contributed by atoms with Crippen molar-refractivity contribution in [1.82, 2.24) is 4.90 Å². The maximum Gasteiger partial charge on any atom is 0.418 e. The molecular weight excluding hydrogens is 588 g/mol. The number of hydrogen-bond acceptors (Lipinski definition) is 5. The summed E-state index contributed by atoms with van der Waals surface area (Å²) >= 11 is 0.509. The maximum absolute atomic E-state index is 14.3. The number of morpholine rings is 1. The number of alkyl halides is 6. The Hall–Kier alpha value is -3.19. The molecule has 1 amide bonds. The highest BCUT2D eigenvalue weighted by atomic mass is 32.2. The molecule has 1 saturated heterocycles. The third-order valence-electron chi connectivity index (χ3n) is 7.23. The molecule has 1 aliphatic carbocycles. The van der Waals surface area contributed by atoms with Crippen LogP contribution in [0.2, 0.25) is 0 Å². The summed E-state index contributed by atoms with van der Waals surface area (Å²) in [5.41, 5.74) is -4.50. The number of benzene rings is 2. The SMILES string of the molecule is O=C(/C=C/c1ccc(Sc2ccccc2OC[C@H]2CC[C@@H](C(=O)O)CC2)c(C(F)(F)F)c1C(F)(F)F)N1CCOCC1. The molecule has 2 aliphatic rings. The first-order valence-electron chi connectivity index (χ1n) is 13.3. The number of carbonyl (C=O) groups excluding carboxylic acids is 1. The predicted molar refractivity (Wildman–Crippen MR) is 142 cm³/mol. The number of carboxylic acids is 1.